The van der Waals surface area contributed by atoms with Crippen molar-refractivity contribution in [1.29, 1.82) is 0 Å². The lowest BCUT2D eigenvalue weighted by Gasteiger charge is -1.97. The minimum atomic E-state index is 0.931. The first-order valence-electron chi connectivity index (χ1n) is 4.57. The molecule has 0 atom stereocenters. The fourth-order valence-electron chi connectivity index (χ4n) is 0.493. The van der Waals surface area contributed by atoms with Crippen LogP contribution in [0.5, 0.6) is 0 Å². The molecule has 0 radical (unpaired) electrons. The van der Waals surface area contributed by atoms with Gasteiger partial charge in [0, 0.05) is 13.2 Å². The summed E-state index contributed by atoms with van der Waals surface area (Å²) < 4.78 is 9.72. The summed E-state index contributed by atoms with van der Waals surface area (Å²) in [4.78, 5) is 0. The topological polar surface area (TPSA) is 21.8 Å². The molecule has 0 aromatic heterocycles. The molecule has 1 aliphatic heterocycles. The summed E-state index contributed by atoms with van der Waals surface area (Å²) in [6.45, 7) is 8.19. The van der Waals surface area contributed by atoms with E-state index in [0.717, 1.165) is 32.8 Å². The molecule has 0 spiro atoms. The number of ether oxygens (including phenoxy) is 2. The molecule has 1 heterocycles. The van der Waals surface area contributed by atoms with Gasteiger partial charge in [-0.3, -0.25) is 0 Å². The molecule has 0 amide bonds. The number of epoxide rings is 1. The summed E-state index contributed by atoms with van der Waals surface area (Å²) in [7, 11) is 0. The van der Waals surface area contributed by atoms with Crippen molar-refractivity contribution in [3.63, 3.8) is 0 Å². The second kappa shape index (κ2) is 9.92. The molecular formula is C9H20O2. The van der Waals surface area contributed by atoms with Crippen molar-refractivity contribution >= 4 is 0 Å². The van der Waals surface area contributed by atoms with E-state index in [-0.39, 0.29) is 0 Å². The van der Waals surface area contributed by atoms with Crippen LogP contribution in [0, 0.1) is 0 Å². The standard InChI is InChI=1S/C7H16O.C2H4O/c1-3-5-7-8-6-4-2;1-2-3-1/h3-7H2,1-2H3;1-2H2. The second-order valence-corrected chi connectivity index (χ2v) is 2.58. The van der Waals surface area contributed by atoms with E-state index in [1.165, 1.54) is 12.8 Å². The van der Waals surface area contributed by atoms with Crippen molar-refractivity contribution in [1.82, 2.24) is 0 Å². The van der Waals surface area contributed by atoms with Crippen molar-refractivity contribution in [3.05, 3.63) is 0 Å². The molecule has 1 rings (SSSR count). The maximum absolute atomic E-state index is 5.22. The molecule has 1 aliphatic rings. The van der Waals surface area contributed by atoms with Crippen LogP contribution in [-0.2, 0) is 9.47 Å². The van der Waals surface area contributed by atoms with Crippen LogP contribution in [0.1, 0.15) is 33.1 Å². The van der Waals surface area contributed by atoms with E-state index in [2.05, 4.69) is 18.6 Å². The van der Waals surface area contributed by atoms with Crippen molar-refractivity contribution < 1.29 is 9.47 Å². The lowest BCUT2D eigenvalue weighted by molar-refractivity contribution is 0.132. The van der Waals surface area contributed by atoms with Crippen LogP contribution in [0.2, 0.25) is 0 Å². The summed E-state index contributed by atoms with van der Waals surface area (Å²) in [5, 5.41) is 0. The first-order valence-corrected chi connectivity index (χ1v) is 4.57. The first-order chi connectivity index (χ1) is 5.41. The van der Waals surface area contributed by atoms with Gasteiger partial charge in [0.25, 0.3) is 0 Å². The fourth-order valence-corrected chi connectivity index (χ4v) is 0.493. The zero-order valence-electron chi connectivity index (χ0n) is 7.77. The Morgan fingerprint density at radius 1 is 1.09 bits per heavy atom. The van der Waals surface area contributed by atoms with E-state index in [0.29, 0.717) is 0 Å². The smallest absolute Gasteiger partial charge is 0.0701 e. The van der Waals surface area contributed by atoms with Crippen molar-refractivity contribution in [2.75, 3.05) is 26.4 Å². The highest BCUT2D eigenvalue weighted by atomic mass is 16.6. The molecule has 2 nitrogen and oxygen atoms in total. The molecule has 0 aromatic carbocycles. The number of hydrogen-bond acceptors (Lipinski definition) is 2. The molecular weight excluding hydrogens is 140 g/mol. The Labute approximate surface area is 69.9 Å². The van der Waals surface area contributed by atoms with Gasteiger partial charge in [0.1, 0.15) is 0 Å². The van der Waals surface area contributed by atoms with Gasteiger partial charge in [-0.25, -0.2) is 0 Å². The molecule has 0 bridgehead atoms. The second-order valence-electron chi connectivity index (χ2n) is 2.58. The normalized spacial score (nSPS) is 13.6. The van der Waals surface area contributed by atoms with Gasteiger partial charge in [-0.2, -0.15) is 0 Å². The number of unbranched alkanes of at least 4 members (excludes halogenated alkanes) is 1. The maximum Gasteiger partial charge on any atom is 0.0701 e. The molecule has 11 heavy (non-hydrogen) atoms. The van der Waals surface area contributed by atoms with Gasteiger partial charge in [0.05, 0.1) is 13.2 Å². The zero-order valence-corrected chi connectivity index (χ0v) is 7.77. The average Bonchev–Trinajstić information content (AvgIpc) is 2.84. The zero-order chi connectivity index (χ0) is 8.36. The van der Waals surface area contributed by atoms with Crippen LogP contribution in [0.4, 0.5) is 0 Å². The highest BCUT2D eigenvalue weighted by molar-refractivity contribution is 4.36. The van der Waals surface area contributed by atoms with Crippen LogP contribution < -0.4 is 0 Å². The van der Waals surface area contributed by atoms with Gasteiger partial charge in [0.15, 0.2) is 0 Å². The third-order valence-electron chi connectivity index (χ3n) is 1.19. The van der Waals surface area contributed by atoms with E-state index in [1.54, 1.807) is 0 Å². The highest BCUT2D eigenvalue weighted by Crippen LogP contribution is 1.88. The monoisotopic (exact) mass is 160 g/mol. The van der Waals surface area contributed by atoms with Crippen molar-refractivity contribution in [2.45, 2.75) is 33.1 Å². The molecule has 2 heteroatoms. The third kappa shape index (κ3) is 17.8. The summed E-state index contributed by atoms with van der Waals surface area (Å²) >= 11 is 0. The van der Waals surface area contributed by atoms with Gasteiger partial charge < -0.3 is 9.47 Å². The van der Waals surface area contributed by atoms with Gasteiger partial charge in [-0.15, -0.1) is 0 Å². The summed E-state index contributed by atoms with van der Waals surface area (Å²) in [6.07, 6.45) is 3.59. The predicted octanol–water partition coefficient (Wildman–Crippen LogP) is 2.23. The van der Waals surface area contributed by atoms with Gasteiger partial charge in [-0.05, 0) is 12.8 Å². The Morgan fingerprint density at radius 2 is 1.73 bits per heavy atom. The molecule has 0 saturated carbocycles. The van der Waals surface area contributed by atoms with Gasteiger partial charge in [0.2, 0.25) is 0 Å². The SMILES string of the molecule is C1CO1.CCCCOCCC. The van der Waals surface area contributed by atoms with Crippen LogP contribution >= 0.6 is 0 Å². The number of hydrogen-bond donors (Lipinski definition) is 0. The molecule has 0 N–H and O–H groups in total. The quantitative estimate of drug-likeness (QED) is 0.454. The van der Waals surface area contributed by atoms with Crippen molar-refractivity contribution in [2.24, 2.45) is 0 Å². The largest absolute Gasteiger partial charge is 0.381 e. The van der Waals surface area contributed by atoms with Crippen LogP contribution in [-0.4, -0.2) is 26.4 Å². The first kappa shape index (κ1) is 10.9. The van der Waals surface area contributed by atoms with E-state index in [1.807, 2.05) is 0 Å². The van der Waals surface area contributed by atoms with E-state index < -0.39 is 0 Å². The summed E-state index contributed by atoms with van der Waals surface area (Å²) in [5.74, 6) is 0. The molecule has 0 unspecified atom stereocenters. The highest BCUT2D eigenvalue weighted by Gasteiger charge is 1.94. The Hall–Kier alpha value is -0.0800. The van der Waals surface area contributed by atoms with E-state index >= 15 is 0 Å². The lowest BCUT2D eigenvalue weighted by atomic mass is 10.4. The third-order valence-corrected chi connectivity index (χ3v) is 1.19. The molecule has 1 fully saturated rings. The minimum Gasteiger partial charge on any atom is -0.381 e. The molecule has 1 saturated heterocycles. The Morgan fingerprint density at radius 3 is 2.09 bits per heavy atom. The van der Waals surface area contributed by atoms with Crippen molar-refractivity contribution in [3.8, 4) is 0 Å². The van der Waals surface area contributed by atoms with Crippen LogP contribution in [0.3, 0.4) is 0 Å². The summed E-state index contributed by atoms with van der Waals surface area (Å²) in [5.41, 5.74) is 0. The minimum absolute atomic E-state index is 0.931. The Kier molecular flexibility index (Phi) is 9.85. The van der Waals surface area contributed by atoms with E-state index in [4.69, 9.17) is 4.74 Å². The van der Waals surface area contributed by atoms with Gasteiger partial charge >= 0.3 is 0 Å². The average molecular weight is 160 g/mol. The molecule has 0 aliphatic carbocycles. The Bertz CT molecular complexity index is 53.8. The Balaban J connectivity index is 0.000000271. The van der Waals surface area contributed by atoms with Crippen LogP contribution in [0.25, 0.3) is 0 Å². The summed E-state index contributed by atoms with van der Waals surface area (Å²) in [6, 6.07) is 0. The molecule has 68 valence electrons. The van der Waals surface area contributed by atoms with Crippen LogP contribution in [0.15, 0.2) is 0 Å². The van der Waals surface area contributed by atoms with E-state index in [9.17, 15) is 0 Å². The number of rotatable bonds is 5. The predicted molar refractivity (Wildman–Crippen MR) is 46.8 cm³/mol. The maximum atomic E-state index is 5.22. The van der Waals surface area contributed by atoms with Gasteiger partial charge in [-0.1, -0.05) is 20.3 Å². The fraction of sp³-hybridized carbons (Fsp3) is 1.00. The molecule has 0 aromatic rings. The lowest BCUT2D eigenvalue weighted by Crippen LogP contribution is -1.93.